The number of carbonyl (C=O) groups excluding carboxylic acids is 1. The first-order valence-electron chi connectivity index (χ1n) is 7.09. The second-order valence-corrected chi connectivity index (χ2v) is 5.33. The van der Waals surface area contributed by atoms with Crippen molar-refractivity contribution in [2.45, 2.75) is 32.1 Å². The summed E-state index contributed by atoms with van der Waals surface area (Å²) < 4.78 is 4.76. The molecule has 0 bridgehead atoms. The van der Waals surface area contributed by atoms with Gasteiger partial charge in [-0.15, -0.1) is 0 Å². The molecular formula is C16H23NO2. The Bertz CT molecular complexity index is 413. The number of ether oxygens (including phenoxy) is 1. The fourth-order valence-electron chi connectivity index (χ4n) is 2.78. The number of carbonyl (C=O) groups is 1. The first kappa shape index (κ1) is 14.1. The summed E-state index contributed by atoms with van der Waals surface area (Å²) in [6, 6.07) is 8.87. The third-order valence-electron chi connectivity index (χ3n) is 3.98. The molecule has 2 rings (SSSR count). The molecule has 1 fully saturated rings. The van der Waals surface area contributed by atoms with E-state index in [2.05, 4.69) is 36.5 Å². The van der Waals surface area contributed by atoms with E-state index in [0.29, 0.717) is 18.3 Å². The van der Waals surface area contributed by atoms with Crippen LogP contribution in [0.1, 0.15) is 36.8 Å². The molecule has 0 saturated carbocycles. The van der Waals surface area contributed by atoms with E-state index in [1.54, 1.807) is 0 Å². The molecule has 0 spiro atoms. The molecule has 1 aliphatic rings. The molecule has 1 N–H and O–H groups in total. The van der Waals surface area contributed by atoms with Crippen LogP contribution >= 0.6 is 0 Å². The maximum Gasteiger partial charge on any atom is 0.305 e. The Morgan fingerprint density at radius 1 is 1.32 bits per heavy atom. The highest BCUT2D eigenvalue weighted by molar-refractivity contribution is 5.69. The average molecular weight is 261 g/mol. The average Bonchev–Trinajstić information content (AvgIpc) is 2.47. The van der Waals surface area contributed by atoms with E-state index in [0.717, 1.165) is 25.9 Å². The molecule has 0 radical (unpaired) electrons. The van der Waals surface area contributed by atoms with Gasteiger partial charge in [-0.1, -0.05) is 31.2 Å². The van der Waals surface area contributed by atoms with Gasteiger partial charge in [0, 0.05) is 13.0 Å². The molecule has 1 saturated heterocycles. The predicted molar refractivity (Wildman–Crippen MR) is 76.2 cm³/mol. The molecule has 0 aliphatic carbocycles. The molecule has 1 aromatic rings. The molecular weight excluding hydrogens is 238 g/mol. The number of benzene rings is 1. The first-order valence-corrected chi connectivity index (χ1v) is 7.09. The van der Waals surface area contributed by atoms with Crippen molar-refractivity contribution in [1.82, 2.24) is 5.32 Å². The van der Waals surface area contributed by atoms with Crippen molar-refractivity contribution in [1.29, 1.82) is 0 Å². The van der Waals surface area contributed by atoms with E-state index in [1.807, 2.05) is 0 Å². The van der Waals surface area contributed by atoms with Gasteiger partial charge >= 0.3 is 5.97 Å². The number of hydrogen-bond donors (Lipinski definition) is 1. The highest BCUT2D eigenvalue weighted by Crippen LogP contribution is 2.28. The van der Waals surface area contributed by atoms with Crippen LogP contribution in [0.2, 0.25) is 0 Å². The fraction of sp³-hybridized carbons (Fsp3) is 0.562. The third kappa shape index (κ3) is 3.80. The minimum Gasteiger partial charge on any atom is -0.469 e. The SMILES string of the molecule is CCc1ccc(C2CNCC(CC(=O)OC)C2)cc1. The van der Waals surface area contributed by atoms with Gasteiger partial charge in [0.2, 0.25) is 0 Å². The number of piperidine rings is 1. The highest BCUT2D eigenvalue weighted by Gasteiger charge is 2.24. The molecule has 2 unspecified atom stereocenters. The lowest BCUT2D eigenvalue weighted by molar-refractivity contribution is -0.141. The second kappa shape index (κ2) is 6.71. The zero-order valence-corrected chi connectivity index (χ0v) is 11.8. The lowest BCUT2D eigenvalue weighted by atomic mass is 9.84. The van der Waals surface area contributed by atoms with E-state index in [9.17, 15) is 4.79 Å². The van der Waals surface area contributed by atoms with E-state index < -0.39 is 0 Å². The maximum atomic E-state index is 11.4. The Balaban J connectivity index is 1.97. The van der Waals surface area contributed by atoms with Gasteiger partial charge in [0.15, 0.2) is 0 Å². The van der Waals surface area contributed by atoms with E-state index in [1.165, 1.54) is 18.2 Å². The Hall–Kier alpha value is -1.35. The van der Waals surface area contributed by atoms with Crippen molar-refractivity contribution < 1.29 is 9.53 Å². The van der Waals surface area contributed by atoms with Crippen molar-refractivity contribution in [3.05, 3.63) is 35.4 Å². The van der Waals surface area contributed by atoms with Gasteiger partial charge in [0.25, 0.3) is 0 Å². The molecule has 3 heteroatoms. The minimum atomic E-state index is -0.103. The third-order valence-corrected chi connectivity index (χ3v) is 3.98. The van der Waals surface area contributed by atoms with Gasteiger partial charge in [-0.3, -0.25) is 4.79 Å². The van der Waals surface area contributed by atoms with Gasteiger partial charge in [0.1, 0.15) is 0 Å². The number of hydrogen-bond acceptors (Lipinski definition) is 3. The molecule has 104 valence electrons. The van der Waals surface area contributed by atoms with Gasteiger partial charge in [-0.25, -0.2) is 0 Å². The number of methoxy groups -OCH3 is 1. The smallest absolute Gasteiger partial charge is 0.305 e. The molecule has 1 aromatic carbocycles. The quantitative estimate of drug-likeness (QED) is 0.846. The van der Waals surface area contributed by atoms with Gasteiger partial charge in [-0.2, -0.15) is 0 Å². The number of nitrogens with one attached hydrogen (secondary N) is 1. The Morgan fingerprint density at radius 3 is 2.68 bits per heavy atom. The monoisotopic (exact) mass is 261 g/mol. The zero-order chi connectivity index (χ0) is 13.7. The first-order chi connectivity index (χ1) is 9.22. The standard InChI is InChI=1S/C16H23NO2/c1-3-12-4-6-14(7-5-12)15-8-13(10-17-11-15)9-16(18)19-2/h4-7,13,15,17H,3,8-11H2,1-2H3. The molecule has 1 heterocycles. The summed E-state index contributed by atoms with van der Waals surface area (Å²) in [5.74, 6) is 0.792. The molecule has 3 nitrogen and oxygen atoms in total. The van der Waals surface area contributed by atoms with Gasteiger partial charge in [0.05, 0.1) is 7.11 Å². The van der Waals surface area contributed by atoms with E-state index >= 15 is 0 Å². The zero-order valence-electron chi connectivity index (χ0n) is 11.8. The van der Waals surface area contributed by atoms with Crippen LogP contribution in [-0.4, -0.2) is 26.2 Å². The summed E-state index contributed by atoms with van der Waals surface area (Å²) in [5, 5.41) is 3.43. The van der Waals surface area contributed by atoms with Crippen molar-refractivity contribution >= 4 is 5.97 Å². The van der Waals surface area contributed by atoms with E-state index in [-0.39, 0.29) is 5.97 Å². The molecule has 0 aromatic heterocycles. The largest absolute Gasteiger partial charge is 0.469 e. The van der Waals surface area contributed by atoms with Crippen LogP contribution in [0.4, 0.5) is 0 Å². The van der Waals surface area contributed by atoms with Gasteiger partial charge in [-0.05, 0) is 42.3 Å². The molecule has 19 heavy (non-hydrogen) atoms. The Labute approximate surface area is 115 Å². The van der Waals surface area contributed by atoms with E-state index in [4.69, 9.17) is 4.74 Å². The number of esters is 1. The van der Waals surface area contributed by atoms with Crippen LogP contribution in [0, 0.1) is 5.92 Å². The van der Waals surface area contributed by atoms with Crippen molar-refractivity contribution in [2.75, 3.05) is 20.2 Å². The lowest BCUT2D eigenvalue weighted by Crippen LogP contribution is -2.36. The van der Waals surface area contributed by atoms with Crippen LogP contribution in [-0.2, 0) is 16.0 Å². The normalized spacial score (nSPS) is 23.1. The Morgan fingerprint density at radius 2 is 2.05 bits per heavy atom. The van der Waals surface area contributed by atoms with Crippen LogP contribution in [0.15, 0.2) is 24.3 Å². The topological polar surface area (TPSA) is 38.3 Å². The molecule has 1 aliphatic heterocycles. The van der Waals surface area contributed by atoms with Crippen molar-refractivity contribution in [2.24, 2.45) is 5.92 Å². The summed E-state index contributed by atoms with van der Waals surface area (Å²) in [7, 11) is 1.46. The van der Waals surface area contributed by atoms with Crippen molar-refractivity contribution in [3.63, 3.8) is 0 Å². The van der Waals surface area contributed by atoms with Crippen molar-refractivity contribution in [3.8, 4) is 0 Å². The number of aryl methyl sites for hydroxylation is 1. The Kier molecular flexibility index (Phi) is 4.97. The van der Waals surface area contributed by atoms with Crippen LogP contribution in [0.5, 0.6) is 0 Å². The maximum absolute atomic E-state index is 11.4. The molecule has 2 atom stereocenters. The van der Waals surface area contributed by atoms with Crippen LogP contribution < -0.4 is 5.32 Å². The predicted octanol–water partition coefficient (Wildman–Crippen LogP) is 2.51. The summed E-state index contributed by atoms with van der Waals surface area (Å²) in [5.41, 5.74) is 2.75. The van der Waals surface area contributed by atoms with Crippen LogP contribution in [0.3, 0.4) is 0 Å². The minimum absolute atomic E-state index is 0.103. The van der Waals surface area contributed by atoms with Gasteiger partial charge < -0.3 is 10.1 Å². The highest BCUT2D eigenvalue weighted by atomic mass is 16.5. The second-order valence-electron chi connectivity index (χ2n) is 5.33. The van der Waals surface area contributed by atoms with Crippen LogP contribution in [0.25, 0.3) is 0 Å². The lowest BCUT2D eigenvalue weighted by Gasteiger charge is -2.29. The summed E-state index contributed by atoms with van der Waals surface area (Å²) in [6.07, 6.45) is 2.66. The molecule has 0 amide bonds. The number of rotatable bonds is 4. The summed E-state index contributed by atoms with van der Waals surface area (Å²) in [6.45, 7) is 4.09. The summed E-state index contributed by atoms with van der Waals surface area (Å²) in [4.78, 5) is 11.4. The summed E-state index contributed by atoms with van der Waals surface area (Å²) >= 11 is 0. The fourth-order valence-corrected chi connectivity index (χ4v) is 2.78.